The second-order valence-electron chi connectivity index (χ2n) is 8.69. The first-order valence-corrected chi connectivity index (χ1v) is 10.1. The monoisotopic (exact) mass is 399 g/mol. The van der Waals surface area contributed by atoms with E-state index in [0.717, 1.165) is 17.2 Å². The Labute approximate surface area is 171 Å². The molecule has 4 rings (SSSR count). The number of nitrogens with zero attached hydrogens (tertiary/aromatic N) is 1. The van der Waals surface area contributed by atoms with Gasteiger partial charge in [0.1, 0.15) is 35.4 Å². The zero-order chi connectivity index (χ0) is 20.6. The van der Waals surface area contributed by atoms with E-state index in [9.17, 15) is 4.79 Å². The van der Waals surface area contributed by atoms with E-state index in [-0.39, 0.29) is 30.4 Å². The quantitative estimate of drug-likeness (QED) is 0.795. The van der Waals surface area contributed by atoms with Crippen molar-refractivity contribution >= 4 is 11.8 Å². The van der Waals surface area contributed by atoms with Crippen LogP contribution < -0.4 is 15.8 Å². The number of fused-ring (bicyclic) bond motifs is 2. The van der Waals surface area contributed by atoms with Crippen LogP contribution in [0.15, 0.2) is 48.3 Å². The minimum atomic E-state index is -0.522. The van der Waals surface area contributed by atoms with Gasteiger partial charge in [-0.05, 0) is 45.1 Å². The lowest BCUT2D eigenvalue weighted by atomic mass is 9.99. The summed E-state index contributed by atoms with van der Waals surface area (Å²) >= 11 is 0. The van der Waals surface area contributed by atoms with Gasteiger partial charge in [0.25, 0.3) is 0 Å². The van der Waals surface area contributed by atoms with E-state index in [1.54, 1.807) is 4.90 Å². The number of amides is 1. The first-order chi connectivity index (χ1) is 13.8. The first-order valence-electron chi connectivity index (χ1n) is 10.1. The number of hydrogen-bond donors (Lipinski definition) is 2. The molecule has 156 valence electrons. The van der Waals surface area contributed by atoms with Crippen LogP contribution in [0.25, 0.3) is 0 Å². The number of carbonyl (C=O) groups is 1. The van der Waals surface area contributed by atoms with Gasteiger partial charge in [-0.15, -0.1) is 0 Å². The van der Waals surface area contributed by atoms with Crippen molar-refractivity contribution in [2.45, 2.75) is 57.1 Å². The van der Waals surface area contributed by atoms with Crippen LogP contribution in [0.3, 0.4) is 0 Å². The summed E-state index contributed by atoms with van der Waals surface area (Å²) in [6.45, 7) is 6.54. The fourth-order valence-electron chi connectivity index (χ4n) is 3.79. The van der Waals surface area contributed by atoms with Gasteiger partial charge in [0.2, 0.25) is 0 Å². The number of carbonyl (C=O) groups excluding carboxylic acids is 1. The number of piperidine rings is 1. The van der Waals surface area contributed by atoms with Crippen molar-refractivity contribution in [2.75, 3.05) is 18.4 Å². The number of nitrogens with two attached hydrogens (primary N) is 1. The molecular formula is C22H29N3O4. The highest BCUT2D eigenvalue weighted by Gasteiger charge is 2.37. The van der Waals surface area contributed by atoms with E-state index in [4.69, 9.17) is 19.9 Å². The van der Waals surface area contributed by atoms with E-state index in [1.165, 1.54) is 0 Å². The molecule has 7 nitrogen and oxygen atoms in total. The lowest BCUT2D eigenvalue weighted by Gasteiger charge is -2.41. The molecule has 0 bridgehead atoms. The van der Waals surface area contributed by atoms with Crippen LogP contribution in [0.5, 0.6) is 5.75 Å². The van der Waals surface area contributed by atoms with Crippen LogP contribution in [-0.4, -0.2) is 54.0 Å². The largest absolute Gasteiger partial charge is 0.491 e. The fraction of sp³-hybridized carbons (Fsp3) is 0.500. The van der Waals surface area contributed by atoms with Gasteiger partial charge in [-0.2, -0.15) is 0 Å². The number of nitrogens with one attached hydrogen (secondary N) is 1. The van der Waals surface area contributed by atoms with Crippen LogP contribution in [0.4, 0.5) is 10.5 Å². The van der Waals surface area contributed by atoms with Gasteiger partial charge in [0.05, 0.1) is 11.7 Å². The van der Waals surface area contributed by atoms with E-state index < -0.39 is 5.60 Å². The Kier molecular flexibility index (Phi) is 5.17. The number of ether oxygens (including phenoxy) is 3. The summed E-state index contributed by atoms with van der Waals surface area (Å²) in [7, 11) is 0. The van der Waals surface area contributed by atoms with Crippen LogP contribution >= 0.6 is 0 Å². The highest BCUT2D eigenvalue weighted by atomic mass is 16.6. The van der Waals surface area contributed by atoms with Gasteiger partial charge in [0.15, 0.2) is 0 Å². The zero-order valence-corrected chi connectivity index (χ0v) is 17.1. The number of rotatable bonds is 2. The maximum Gasteiger partial charge on any atom is 0.410 e. The molecule has 1 fully saturated rings. The number of allylic oxidation sites excluding steroid dienone is 2. The topological polar surface area (TPSA) is 86.0 Å². The van der Waals surface area contributed by atoms with Crippen molar-refractivity contribution in [3.8, 4) is 5.75 Å². The first kappa shape index (κ1) is 19.6. The summed E-state index contributed by atoms with van der Waals surface area (Å²) < 4.78 is 17.9. The van der Waals surface area contributed by atoms with E-state index in [2.05, 4.69) is 5.32 Å². The molecule has 0 saturated carbocycles. The molecule has 1 amide bonds. The molecule has 3 N–H and O–H groups in total. The maximum absolute atomic E-state index is 12.3. The van der Waals surface area contributed by atoms with Crippen LogP contribution in [0, 0.1) is 0 Å². The SMILES string of the molecule is CC(C)(C)OC(=O)N1CC[C@@H](OC2=CC=CC3Oc4ccccc4NC23)[C@H](N)C1. The Balaban J connectivity index is 1.39. The summed E-state index contributed by atoms with van der Waals surface area (Å²) in [6, 6.07) is 7.48. The predicted octanol–water partition coefficient (Wildman–Crippen LogP) is 3.04. The zero-order valence-electron chi connectivity index (χ0n) is 17.1. The number of para-hydroxylation sites is 2. The molecule has 2 unspecified atom stereocenters. The van der Waals surface area contributed by atoms with Crippen molar-refractivity contribution in [3.05, 3.63) is 48.3 Å². The summed E-state index contributed by atoms with van der Waals surface area (Å²) in [4.78, 5) is 14.0. The van der Waals surface area contributed by atoms with Crippen molar-refractivity contribution < 1.29 is 19.0 Å². The Morgan fingerprint density at radius 2 is 2.10 bits per heavy atom. The van der Waals surface area contributed by atoms with Crippen molar-refractivity contribution in [2.24, 2.45) is 5.73 Å². The van der Waals surface area contributed by atoms with E-state index >= 15 is 0 Å². The Hall–Kier alpha value is -2.67. The van der Waals surface area contributed by atoms with Crippen LogP contribution in [0.2, 0.25) is 0 Å². The molecule has 1 aliphatic carbocycles. The van der Waals surface area contributed by atoms with Crippen molar-refractivity contribution in [1.82, 2.24) is 4.90 Å². The van der Waals surface area contributed by atoms with Gasteiger partial charge in [-0.3, -0.25) is 0 Å². The summed E-state index contributed by atoms with van der Waals surface area (Å²) in [5.41, 5.74) is 6.79. The molecule has 1 saturated heterocycles. The Morgan fingerprint density at radius 1 is 1.31 bits per heavy atom. The van der Waals surface area contributed by atoms with Crippen LogP contribution in [0.1, 0.15) is 27.2 Å². The summed E-state index contributed by atoms with van der Waals surface area (Å²) in [5, 5.41) is 3.51. The molecule has 0 aromatic heterocycles. The average molecular weight is 399 g/mol. The molecule has 1 aromatic carbocycles. The minimum Gasteiger partial charge on any atom is -0.491 e. The van der Waals surface area contributed by atoms with E-state index in [0.29, 0.717) is 19.5 Å². The molecule has 7 heteroatoms. The average Bonchev–Trinajstić information content (AvgIpc) is 2.67. The number of likely N-dealkylation sites (tertiary alicyclic amines) is 1. The van der Waals surface area contributed by atoms with Gasteiger partial charge < -0.3 is 30.2 Å². The summed E-state index contributed by atoms with van der Waals surface area (Å²) in [6.07, 6.45) is 5.94. The predicted molar refractivity (Wildman–Crippen MR) is 111 cm³/mol. The van der Waals surface area contributed by atoms with Gasteiger partial charge in [0, 0.05) is 19.5 Å². The molecule has 2 aliphatic heterocycles. The van der Waals surface area contributed by atoms with Gasteiger partial charge in [-0.1, -0.05) is 18.2 Å². The third-order valence-corrected chi connectivity index (χ3v) is 5.19. The smallest absolute Gasteiger partial charge is 0.410 e. The maximum atomic E-state index is 12.3. The minimum absolute atomic E-state index is 0.106. The number of hydrogen-bond acceptors (Lipinski definition) is 6. The van der Waals surface area contributed by atoms with Gasteiger partial charge in [-0.25, -0.2) is 4.79 Å². The second kappa shape index (κ2) is 7.63. The molecule has 29 heavy (non-hydrogen) atoms. The highest BCUT2D eigenvalue weighted by molar-refractivity contribution is 5.68. The normalized spacial score (nSPS) is 28.3. The van der Waals surface area contributed by atoms with Crippen molar-refractivity contribution in [3.63, 3.8) is 0 Å². The molecule has 0 radical (unpaired) electrons. The molecule has 1 aromatic rings. The third-order valence-electron chi connectivity index (χ3n) is 5.19. The second-order valence-corrected chi connectivity index (χ2v) is 8.69. The molecule has 2 heterocycles. The Morgan fingerprint density at radius 3 is 2.86 bits per heavy atom. The van der Waals surface area contributed by atoms with Gasteiger partial charge >= 0.3 is 6.09 Å². The lowest BCUT2D eigenvalue weighted by molar-refractivity contribution is -0.00633. The van der Waals surface area contributed by atoms with Crippen LogP contribution in [-0.2, 0) is 9.47 Å². The standard InChI is InChI=1S/C22H29N3O4/c1-22(2,3)29-21(26)25-12-11-16(14(23)13-25)27-18-9-6-10-19-20(18)24-15-7-4-5-8-17(15)28-19/h4-10,14,16,19-20,24H,11-13,23H2,1-3H3/t14-,16-,19?,20?/m1/s1. The molecular weight excluding hydrogens is 370 g/mol. The Bertz CT molecular complexity index is 830. The molecule has 3 aliphatic rings. The molecule has 4 atom stereocenters. The summed E-state index contributed by atoms with van der Waals surface area (Å²) in [5.74, 6) is 1.64. The molecule has 0 spiro atoms. The fourth-order valence-corrected chi connectivity index (χ4v) is 3.79. The van der Waals surface area contributed by atoms with Crippen molar-refractivity contribution in [1.29, 1.82) is 0 Å². The number of benzene rings is 1. The number of anilines is 1. The highest BCUT2D eigenvalue weighted by Crippen LogP contribution is 2.35. The lowest BCUT2D eigenvalue weighted by Crippen LogP contribution is -2.55. The van der Waals surface area contributed by atoms with E-state index in [1.807, 2.05) is 63.3 Å². The third kappa shape index (κ3) is 4.34.